The maximum atomic E-state index is 9.37. The monoisotopic (exact) mass is 474 g/mol. The second kappa shape index (κ2) is 10.3. The van der Waals surface area contributed by atoms with Gasteiger partial charge in [-0.3, -0.25) is 15.0 Å². The number of H-pyrrole nitrogens is 1. The summed E-state index contributed by atoms with van der Waals surface area (Å²) in [4.78, 5) is 15.4. The lowest BCUT2D eigenvalue weighted by Gasteiger charge is -2.40. The van der Waals surface area contributed by atoms with Gasteiger partial charge in [0.05, 0.1) is 42.9 Å². The molecule has 182 valence electrons. The van der Waals surface area contributed by atoms with Crippen molar-refractivity contribution in [3.8, 4) is 11.3 Å². The van der Waals surface area contributed by atoms with E-state index in [0.29, 0.717) is 17.7 Å². The van der Waals surface area contributed by atoms with Crippen molar-refractivity contribution >= 4 is 28.1 Å². The van der Waals surface area contributed by atoms with Crippen molar-refractivity contribution in [2.75, 3.05) is 37.4 Å². The number of β-amino-alcohol motifs (C(OH)–C–C–N with tert-alkyl or cyclic N) is 1. The van der Waals surface area contributed by atoms with Gasteiger partial charge >= 0.3 is 0 Å². The first-order chi connectivity index (χ1) is 17.1. The van der Waals surface area contributed by atoms with Crippen molar-refractivity contribution in [3.05, 3.63) is 54.7 Å². The third kappa shape index (κ3) is 5.40. The molecule has 2 saturated heterocycles. The summed E-state index contributed by atoms with van der Waals surface area (Å²) in [6.45, 7) is 5.76. The first-order valence-corrected chi connectivity index (χ1v) is 11.8. The fourth-order valence-electron chi connectivity index (χ4n) is 4.33. The lowest BCUT2D eigenvalue weighted by molar-refractivity contribution is -0.0851. The van der Waals surface area contributed by atoms with Gasteiger partial charge < -0.3 is 20.9 Å². The standard InChI is InChI=1S/C17H15N7.C8H15NO2/c1-10-2-3-19-8-13(10)15-4-11-5-16(23-12-6-21-22-7-12)20-9-14(11)17(18)24-15;10-8-2-1-3-9(4-8)7-5-11-6-7/h2-9H,1H3,(H2,18,24)(H,20,23)(H,21,22);7-8,10H,1-6H2. The molecule has 2 fully saturated rings. The summed E-state index contributed by atoms with van der Waals surface area (Å²) in [5.41, 5.74) is 9.83. The minimum atomic E-state index is -0.0932. The molecule has 0 spiro atoms. The molecular weight excluding hydrogens is 444 g/mol. The Morgan fingerprint density at radius 2 is 2.11 bits per heavy atom. The van der Waals surface area contributed by atoms with E-state index in [1.807, 2.05) is 25.1 Å². The third-order valence-corrected chi connectivity index (χ3v) is 6.40. The maximum absolute atomic E-state index is 9.37. The van der Waals surface area contributed by atoms with Crippen LogP contribution in [0.3, 0.4) is 0 Å². The van der Waals surface area contributed by atoms with Crippen LogP contribution in [0.1, 0.15) is 18.4 Å². The van der Waals surface area contributed by atoms with Gasteiger partial charge in [-0.25, -0.2) is 9.97 Å². The van der Waals surface area contributed by atoms with E-state index in [4.69, 9.17) is 10.5 Å². The molecule has 6 heterocycles. The molecule has 6 rings (SSSR count). The number of aliphatic hydroxyl groups excluding tert-OH is 1. The van der Waals surface area contributed by atoms with Crippen LogP contribution in [-0.2, 0) is 4.74 Å². The SMILES string of the molecule is Cc1ccncc1-c1cc2cc(Nc3cn[nH]c3)ncc2c(N)n1.OC1CCCN(C2COC2)C1. The number of likely N-dealkylation sites (tertiary alicyclic amines) is 1. The number of hydrogen-bond donors (Lipinski definition) is 4. The van der Waals surface area contributed by atoms with Crippen molar-refractivity contribution in [2.45, 2.75) is 31.9 Å². The molecular formula is C25H30N8O2. The van der Waals surface area contributed by atoms with E-state index < -0.39 is 0 Å². The van der Waals surface area contributed by atoms with Crippen LogP contribution in [0.4, 0.5) is 17.3 Å². The van der Waals surface area contributed by atoms with Crippen molar-refractivity contribution < 1.29 is 9.84 Å². The summed E-state index contributed by atoms with van der Waals surface area (Å²) in [5, 5.41) is 21.0. The van der Waals surface area contributed by atoms with Gasteiger partial charge in [-0.2, -0.15) is 5.10 Å². The molecule has 0 saturated carbocycles. The molecule has 10 nitrogen and oxygen atoms in total. The largest absolute Gasteiger partial charge is 0.392 e. The zero-order valence-corrected chi connectivity index (χ0v) is 19.7. The van der Waals surface area contributed by atoms with E-state index >= 15 is 0 Å². The number of nitrogen functional groups attached to an aromatic ring is 1. The molecule has 1 unspecified atom stereocenters. The molecule has 0 bridgehead atoms. The zero-order chi connectivity index (χ0) is 24.2. The van der Waals surface area contributed by atoms with Crippen LogP contribution in [0.15, 0.2) is 49.2 Å². The van der Waals surface area contributed by atoms with Crippen LogP contribution in [0, 0.1) is 6.92 Å². The number of anilines is 3. The summed E-state index contributed by atoms with van der Waals surface area (Å²) < 4.78 is 5.10. The van der Waals surface area contributed by atoms with Crippen LogP contribution >= 0.6 is 0 Å². The van der Waals surface area contributed by atoms with Crippen molar-refractivity contribution in [3.63, 3.8) is 0 Å². The van der Waals surface area contributed by atoms with E-state index in [0.717, 1.165) is 72.4 Å². The van der Waals surface area contributed by atoms with Gasteiger partial charge in [-0.05, 0) is 55.5 Å². The van der Waals surface area contributed by atoms with E-state index in [-0.39, 0.29) is 6.10 Å². The van der Waals surface area contributed by atoms with E-state index in [9.17, 15) is 5.11 Å². The quantitative estimate of drug-likeness (QED) is 0.352. The highest BCUT2D eigenvalue weighted by molar-refractivity contribution is 5.94. The summed E-state index contributed by atoms with van der Waals surface area (Å²) in [5.74, 6) is 1.16. The first-order valence-electron chi connectivity index (χ1n) is 11.8. The van der Waals surface area contributed by atoms with Gasteiger partial charge in [0, 0.05) is 42.3 Å². The van der Waals surface area contributed by atoms with Crippen LogP contribution in [0.25, 0.3) is 22.0 Å². The molecule has 0 aromatic carbocycles. The Kier molecular flexibility index (Phi) is 6.84. The molecule has 4 aromatic heterocycles. The summed E-state index contributed by atoms with van der Waals surface area (Å²) >= 11 is 0. The predicted octanol–water partition coefficient (Wildman–Crippen LogP) is 2.89. The molecule has 2 aliphatic rings. The zero-order valence-electron chi connectivity index (χ0n) is 19.7. The first kappa shape index (κ1) is 23.2. The van der Waals surface area contributed by atoms with Crippen LogP contribution in [0.5, 0.6) is 0 Å². The summed E-state index contributed by atoms with van der Waals surface area (Å²) in [6, 6.07) is 6.49. The lowest BCUT2D eigenvalue weighted by atomic mass is 10.1. The number of nitrogens with two attached hydrogens (primary N) is 1. The Hall–Kier alpha value is -3.60. The second-order valence-electron chi connectivity index (χ2n) is 8.97. The number of aliphatic hydroxyl groups is 1. The highest BCUT2D eigenvalue weighted by Crippen LogP contribution is 2.29. The van der Waals surface area contributed by atoms with Gasteiger partial charge in [-0.1, -0.05) is 0 Å². The van der Waals surface area contributed by atoms with Gasteiger partial charge in [0.25, 0.3) is 0 Å². The van der Waals surface area contributed by atoms with E-state index in [2.05, 4.69) is 35.4 Å². The molecule has 35 heavy (non-hydrogen) atoms. The Morgan fingerprint density at radius 1 is 1.23 bits per heavy atom. The number of aromatic amines is 1. The number of aromatic nitrogens is 5. The molecule has 5 N–H and O–H groups in total. The lowest BCUT2D eigenvalue weighted by Crippen LogP contribution is -2.53. The molecule has 10 heteroatoms. The van der Waals surface area contributed by atoms with E-state index in [1.165, 1.54) is 0 Å². The smallest absolute Gasteiger partial charge is 0.133 e. The number of hydrogen-bond acceptors (Lipinski definition) is 9. The number of rotatable bonds is 4. The van der Waals surface area contributed by atoms with Crippen molar-refractivity contribution in [2.24, 2.45) is 0 Å². The van der Waals surface area contributed by atoms with Crippen molar-refractivity contribution in [1.82, 2.24) is 30.0 Å². The summed E-state index contributed by atoms with van der Waals surface area (Å²) in [7, 11) is 0. The molecule has 1 atom stereocenters. The van der Waals surface area contributed by atoms with Crippen LogP contribution in [-0.4, -0.2) is 73.6 Å². The Balaban J connectivity index is 0.000000192. The Labute approximate surface area is 203 Å². The molecule has 4 aromatic rings. The minimum absolute atomic E-state index is 0.0932. The fourth-order valence-corrected chi connectivity index (χ4v) is 4.33. The third-order valence-electron chi connectivity index (χ3n) is 6.40. The Morgan fingerprint density at radius 3 is 2.83 bits per heavy atom. The molecule has 2 aliphatic heterocycles. The number of piperidine rings is 1. The molecule has 0 aliphatic carbocycles. The second-order valence-corrected chi connectivity index (χ2v) is 8.97. The number of nitrogens with zero attached hydrogens (tertiary/aromatic N) is 5. The predicted molar refractivity (Wildman–Crippen MR) is 135 cm³/mol. The number of fused-ring (bicyclic) bond motifs is 1. The van der Waals surface area contributed by atoms with Crippen LogP contribution < -0.4 is 11.1 Å². The van der Waals surface area contributed by atoms with Crippen LogP contribution in [0.2, 0.25) is 0 Å². The Bertz CT molecular complexity index is 1280. The average molecular weight is 475 g/mol. The van der Waals surface area contributed by atoms with Crippen molar-refractivity contribution in [1.29, 1.82) is 0 Å². The topological polar surface area (TPSA) is 138 Å². The molecule has 0 radical (unpaired) electrons. The normalized spacial score (nSPS) is 18.5. The maximum Gasteiger partial charge on any atom is 0.133 e. The van der Waals surface area contributed by atoms with Gasteiger partial charge in [0.2, 0.25) is 0 Å². The number of aryl methyl sites for hydroxylation is 1. The van der Waals surface area contributed by atoms with E-state index in [1.54, 1.807) is 31.0 Å². The van der Waals surface area contributed by atoms with Gasteiger partial charge in [-0.15, -0.1) is 0 Å². The van der Waals surface area contributed by atoms with Gasteiger partial charge in [0.1, 0.15) is 11.6 Å². The molecule has 0 amide bonds. The summed E-state index contributed by atoms with van der Waals surface area (Å²) in [6.07, 6.45) is 10.8. The highest BCUT2D eigenvalue weighted by Gasteiger charge is 2.29. The van der Waals surface area contributed by atoms with Gasteiger partial charge in [0.15, 0.2) is 0 Å². The average Bonchev–Trinajstić information content (AvgIpc) is 3.32. The number of ether oxygens (including phenoxy) is 1. The fraction of sp³-hybridized carbons (Fsp3) is 0.360. The minimum Gasteiger partial charge on any atom is -0.392 e. The number of pyridine rings is 3. The highest BCUT2D eigenvalue weighted by atomic mass is 16.5. The number of nitrogens with one attached hydrogen (secondary N) is 2.